The van der Waals surface area contributed by atoms with Crippen LogP contribution in [0.1, 0.15) is 29.6 Å². The summed E-state index contributed by atoms with van der Waals surface area (Å²) >= 11 is 0. The van der Waals surface area contributed by atoms with Crippen LogP contribution in [0.25, 0.3) is 0 Å². The first-order valence-electron chi connectivity index (χ1n) is 6.59. The summed E-state index contributed by atoms with van der Waals surface area (Å²) in [6.45, 7) is 1.67. The third-order valence-electron chi connectivity index (χ3n) is 3.39. The predicted octanol–water partition coefficient (Wildman–Crippen LogP) is 1.27. The lowest BCUT2D eigenvalue weighted by Gasteiger charge is -2.11. The van der Waals surface area contributed by atoms with Gasteiger partial charge >= 0.3 is 0 Å². The number of rotatable bonds is 5. The number of carbonyl (C=O) groups excluding carboxylic acids is 1. The van der Waals surface area contributed by atoms with E-state index >= 15 is 0 Å². The van der Waals surface area contributed by atoms with E-state index in [4.69, 9.17) is 4.74 Å². The number of phenolic OH excluding ortho intramolecular Hbond substituents is 1. The first-order valence-corrected chi connectivity index (χ1v) is 6.59. The molecule has 1 aliphatic rings. The van der Waals surface area contributed by atoms with Crippen molar-refractivity contribution in [1.82, 2.24) is 10.6 Å². The van der Waals surface area contributed by atoms with E-state index < -0.39 is 0 Å². The second-order valence-corrected chi connectivity index (χ2v) is 4.72. The summed E-state index contributed by atoms with van der Waals surface area (Å²) in [7, 11) is 1.53. The van der Waals surface area contributed by atoms with Crippen molar-refractivity contribution in [3.05, 3.63) is 23.8 Å². The Hall–Kier alpha value is -1.75. The molecule has 5 nitrogen and oxygen atoms in total. The fourth-order valence-corrected chi connectivity index (χ4v) is 2.28. The van der Waals surface area contributed by atoms with Crippen LogP contribution in [-0.4, -0.2) is 37.3 Å². The van der Waals surface area contributed by atoms with Gasteiger partial charge in [-0.1, -0.05) is 0 Å². The summed E-state index contributed by atoms with van der Waals surface area (Å²) < 4.78 is 5.04. The van der Waals surface area contributed by atoms with Crippen LogP contribution in [-0.2, 0) is 0 Å². The third kappa shape index (κ3) is 3.61. The van der Waals surface area contributed by atoms with E-state index in [1.54, 1.807) is 12.1 Å². The van der Waals surface area contributed by atoms with Crippen LogP contribution in [0.2, 0.25) is 0 Å². The fraction of sp³-hybridized carbons (Fsp3) is 0.500. The highest BCUT2D eigenvalue weighted by atomic mass is 16.5. The number of ether oxygens (including phenoxy) is 1. The highest BCUT2D eigenvalue weighted by Crippen LogP contribution is 2.22. The molecular weight excluding hydrogens is 244 g/mol. The van der Waals surface area contributed by atoms with E-state index in [1.165, 1.54) is 26.0 Å². The number of nitrogens with one attached hydrogen (secondary N) is 2. The Kier molecular flexibility index (Phi) is 4.63. The Morgan fingerprint density at radius 2 is 2.42 bits per heavy atom. The maximum atomic E-state index is 12.0. The fourth-order valence-electron chi connectivity index (χ4n) is 2.28. The van der Waals surface area contributed by atoms with Gasteiger partial charge in [0.2, 0.25) is 0 Å². The average molecular weight is 264 g/mol. The topological polar surface area (TPSA) is 70.6 Å². The second-order valence-electron chi connectivity index (χ2n) is 4.72. The van der Waals surface area contributed by atoms with Gasteiger partial charge in [0.1, 0.15) is 11.5 Å². The molecule has 1 atom stereocenters. The molecule has 0 spiro atoms. The van der Waals surface area contributed by atoms with E-state index in [0.29, 0.717) is 18.3 Å². The molecule has 0 bridgehead atoms. The minimum atomic E-state index is -0.269. The minimum absolute atomic E-state index is 0.0303. The molecule has 1 aromatic rings. The number of carbonyl (C=O) groups is 1. The monoisotopic (exact) mass is 264 g/mol. The number of aromatic hydroxyl groups is 1. The van der Waals surface area contributed by atoms with Gasteiger partial charge in [0.15, 0.2) is 0 Å². The highest BCUT2D eigenvalue weighted by Gasteiger charge is 2.15. The van der Waals surface area contributed by atoms with E-state index in [-0.39, 0.29) is 17.2 Å². The maximum absolute atomic E-state index is 12.0. The van der Waals surface area contributed by atoms with Crippen LogP contribution in [0.5, 0.6) is 11.5 Å². The highest BCUT2D eigenvalue weighted by molar-refractivity contribution is 5.97. The Labute approximate surface area is 113 Å². The van der Waals surface area contributed by atoms with Crippen molar-refractivity contribution in [2.24, 2.45) is 0 Å². The Balaban J connectivity index is 1.88. The molecule has 19 heavy (non-hydrogen) atoms. The molecule has 5 heteroatoms. The molecule has 0 aliphatic carbocycles. The molecule has 0 radical (unpaired) electrons. The largest absolute Gasteiger partial charge is 0.507 e. The molecule has 2 rings (SSSR count). The Morgan fingerprint density at radius 1 is 1.58 bits per heavy atom. The number of hydrogen-bond donors (Lipinski definition) is 3. The number of hydrogen-bond acceptors (Lipinski definition) is 4. The molecule has 0 saturated carbocycles. The van der Waals surface area contributed by atoms with Crippen molar-refractivity contribution >= 4 is 5.91 Å². The minimum Gasteiger partial charge on any atom is -0.507 e. The van der Waals surface area contributed by atoms with Gasteiger partial charge in [-0.15, -0.1) is 0 Å². The average Bonchev–Trinajstić information content (AvgIpc) is 2.92. The molecule has 1 aliphatic heterocycles. The molecule has 3 N–H and O–H groups in total. The van der Waals surface area contributed by atoms with Crippen LogP contribution in [0, 0.1) is 0 Å². The van der Waals surface area contributed by atoms with Crippen LogP contribution in [0.4, 0.5) is 0 Å². The van der Waals surface area contributed by atoms with E-state index in [0.717, 1.165) is 13.0 Å². The van der Waals surface area contributed by atoms with Crippen LogP contribution >= 0.6 is 0 Å². The molecule has 1 saturated heterocycles. The van der Waals surface area contributed by atoms with Crippen LogP contribution in [0.3, 0.4) is 0 Å². The number of phenols is 1. The van der Waals surface area contributed by atoms with Crippen molar-refractivity contribution in [3.8, 4) is 11.5 Å². The lowest BCUT2D eigenvalue weighted by atomic mass is 10.1. The molecule has 1 aromatic carbocycles. The smallest absolute Gasteiger partial charge is 0.255 e. The van der Waals surface area contributed by atoms with E-state index in [2.05, 4.69) is 10.6 Å². The molecule has 1 heterocycles. The Bertz CT molecular complexity index is 442. The van der Waals surface area contributed by atoms with Crippen molar-refractivity contribution in [2.45, 2.75) is 25.3 Å². The standard InChI is InChI=1S/C14H20N2O3/c1-19-11-4-5-13(17)12(9-11)14(18)16-8-6-10-3-2-7-15-10/h4-5,9-10,15,17H,2-3,6-8H2,1H3,(H,16,18)/t10-/m1/s1. The maximum Gasteiger partial charge on any atom is 0.255 e. The van der Waals surface area contributed by atoms with Gasteiger partial charge in [-0.2, -0.15) is 0 Å². The van der Waals surface area contributed by atoms with Crippen LogP contribution in [0.15, 0.2) is 18.2 Å². The SMILES string of the molecule is COc1ccc(O)c(C(=O)NCC[C@H]2CCCN2)c1. The van der Waals surface area contributed by atoms with E-state index in [9.17, 15) is 9.90 Å². The van der Waals surface area contributed by atoms with Gasteiger partial charge in [-0.25, -0.2) is 0 Å². The summed E-state index contributed by atoms with van der Waals surface area (Å²) in [6, 6.07) is 5.12. The number of amides is 1. The number of methoxy groups -OCH3 is 1. The van der Waals surface area contributed by atoms with Crippen molar-refractivity contribution in [3.63, 3.8) is 0 Å². The predicted molar refractivity (Wildman–Crippen MR) is 72.6 cm³/mol. The molecule has 1 fully saturated rings. The first-order chi connectivity index (χ1) is 9.20. The normalized spacial score (nSPS) is 18.3. The lowest BCUT2D eigenvalue weighted by Crippen LogP contribution is -2.30. The van der Waals surface area contributed by atoms with Crippen molar-refractivity contribution in [1.29, 1.82) is 0 Å². The zero-order valence-corrected chi connectivity index (χ0v) is 11.1. The summed E-state index contributed by atoms with van der Waals surface area (Å²) in [4.78, 5) is 12.0. The number of benzene rings is 1. The zero-order chi connectivity index (χ0) is 13.7. The van der Waals surface area contributed by atoms with Crippen molar-refractivity contribution in [2.75, 3.05) is 20.2 Å². The van der Waals surface area contributed by atoms with Gasteiger partial charge in [0, 0.05) is 12.6 Å². The van der Waals surface area contributed by atoms with Gasteiger partial charge in [-0.3, -0.25) is 4.79 Å². The summed E-state index contributed by atoms with van der Waals surface area (Å²) in [5.41, 5.74) is 0.249. The van der Waals surface area contributed by atoms with Gasteiger partial charge in [0.25, 0.3) is 5.91 Å². The van der Waals surface area contributed by atoms with Gasteiger partial charge < -0.3 is 20.5 Å². The lowest BCUT2D eigenvalue weighted by molar-refractivity contribution is 0.0949. The van der Waals surface area contributed by atoms with Crippen LogP contribution < -0.4 is 15.4 Å². The zero-order valence-electron chi connectivity index (χ0n) is 11.1. The Morgan fingerprint density at radius 3 is 3.11 bits per heavy atom. The second kappa shape index (κ2) is 6.43. The van der Waals surface area contributed by atoms with Crippen molar-refractivity contribution < 1.29 is 14.6 Å². The van der Waals surface area contributed by atoms with E-state index in [1.807, 2.05) is 0 Å². The summed E-state index contributed by atoms with van der Waals surface area (Å²) in [6.07, 6.45) is 3.28. The third-order valence-corrected chi connectivity index (χ3v) is 3.39. The van der Waals surface area contributed by atoms with Gasteiger partial charge in [-0.05, 0) is 44.0 Å². The molecule has 104 valence electrons. The first kappa shape index (κ1) is 13.7. The van der Waals surface area contributed by atoms with Gasteiger partial charge in [0.05, 0.1) is 12.7 Å². The molecule has 0 unspecified atom stereocenters. The molecule has 1 amide bonds. The summed E-state index contributed by atoms with van der Waals surface area (Å²) in [5, 5.41) is 15.9. The molecule has 0 aromatic heterocycles. The quantitative estimate of drug-likeness (QED) is 0.749. The summed E-state index contributed by atoms with van der Waals surface area (Å²) in [5.74, 6) is 0.257. The molecular formula is C14H20N2O3.